The first kappa shape index (κ1) is 13.6. The molecule has 0 saturated carbocycles. The van der Waals surface area contributed by atoms with Crippen LogP contribution in [-0.4, -0.2) is 44.4 Å². The van der Waals surface area contributed by atoms with E-state index in [-0.39, 0.29) is 0 Å². The van der Waals surface area contributed by atoms with Crippen molar-refractivity contribution in [3.05, 3.63) is 12.4 Å². The lowest BCUT2D eigenvalue weighted by Crippen LogP contribution is -2.22. The molecule has 2 aromatic rings. The summed E-state index contributed by atoms with van der Waals surface area (Å²) in [6, 6.07) is 0. The van der Waals surface area contributed by atoms with E-state index < -0.39 is 0 Å². The van der Waals surface area contributed by atoms with Crippen LogP contribution >= 0.6 is 0 Å². The highest BCUT2D eigenvalue weighted by Gasteiger charge is 2.17. The van der Waals surface area contributed by atoms with Crippen molar-refractivity contribution >= 4 is 23.5 Å². The van der Waals surface area contributed by atoms with E-state index in [2.05, 4.69) is 35.6 Å². The van der Waals surface area contributed by atoms with Crippen LogP contribution < -0.4 is 15.5 Å². The van der Waals surface area contributed by atoms with Crippen molar-refractivity contribution in [2.75, 3.05) is 35.2 Å². The van der Waals surface area contributed by atoms with Crippen molar-refractivity contribution in [2.45, 2.75) is 19.8 Å². The lowest BCUT2D eigenvalue weighted by Gasteiger charge is -2.16. The van der Waals surface area contributed by atoms with Crippen LogP contribution in [0.3, 0.4) is 0 Å². The summed E-state index contributed by atoms with van der Waals surface area (Å²) >= 11 is 0. The maximum atomic E-state index is 4.52. The second-order valence-corrected chi connectivity index (χ2v) is 5.03. The van der Waals surface area contributed by atoms with Gasteiger partial charge in [-0.15, -0.1) is 0 Å². The number of nitrogens with zero attached hydrogens (tertiary/aromatic N) is 6. The van der Waals surface area contributed by atoms with E-state index in [4.69, 9.17) is 0 Å². The van der Waals surface area contributed by atoms with Gasteiger partial charge in [0, 0.05) is 32.9 Å². The fraction of sp³-hybridized carbons (Fsp3) is 0.538. The third-order valence-corrected chi connectivity index (χ3v) is 3.31. The molecule has 21 heavy (non-hydrogen) atoms. The van der Waals surface area contributed by atoms with Gasteiger partial charge in [-0.2, -0.15) is 20.1 Å². The van der Waals surface area contributed by atoms with Crippen LogP contribution in [0, 0.1) is 0 Å². The second kappa shape index (κ2) is 5.94. The second-order valence-electron chi connectivity index (χ2n) is 5.03. The fourth-order valence-electron chi connectivity index (χ4n) is 2.33. The maximum absolute atomic E-state index is 4.52. The summed E-state index contributed by atoms with van der Waals surface area (Å²) in [7, 11) is 1.87. The Morgan fingerprint density at radius 3 is 2.57 bits per heavy atom. The molecule has 2 aromatic heterocycles. The van der Waals surface area contributed by atoms with Crippen molar-refractivity contribution in [1.29, 1.82) is 0 Å². The van der Waals surface area contributed by atoms with E-state index in [9.17, 15) is 0 Å². The minimum atomic E-state index is 0.538. The zero-order valence-corrected chi connectivity index (χ0v) is 12.4. The van der Waals surface area contributed by atoms with E-state index in [0.717, 1.165) is 31.3 Å². The molecule has 0 aliphatic carbocycles. The lowest BCUT2D eigenvalue weighted by molar-refractivity contribution is 0.768. The molecule has 8 nitrogen and oxygen atoms in total. The first-order chi connectivity index (χ1) is 10.2. The van der Waals surface area contributed by atoms with Crippen LogP contribution in [0.15, 0.2) is 12.4 Å². The molecule has 0 spiro atoms. The molecule has 0 amide bonds. The molecule has 112 valence electrons. The zero-order chi connectivity index (χ0) is 14.7. The number of aryl methyl sites for hydroxylation is 1. The van der Waals surface area contributed by atoms with Gasteiger partial charge in [0.05, 0.1) is 11.9 Å². The van der Waals surface area contributed by atoms with Crippen molar-refractivity contribution in [2.24, 2.45) is 7.05 Å². The number of hydrogen-bond acceptors (Lipinski definition) is 7. The molecule has 2 N–H and O–H groups in total. The molecule has 3 heterocycles. The summed E-state index contributed by atoms with van der Waals surface area (Å²) in [6.45, 7) is 4.80. The molecule has 0 atom stereocenters. The van der Waals surface area contributed by atoms with Crippen LogP contribution in [0.1, 0.15) is 19.8 Å². The van der Waals surface area contributed by atoms with Crippen LogP contribution in [-0.2, 0) is 7.05 Å². The average molecular weight is 288 g/mol. The smallest absolute Gasteiger partial charge is 0.233 e. The van der Waals surface area contributed by atoms with E-state index in [1.54, 1.807) is 10.9 Å². The van der Waals surface area contributed by atoms with Crippen LogP contribution in [0.2, 0.25) is 0 Å². The van der Waals surface area contributed by atoms with Crippen molar-refractivity contribution < 1.29 is 0 Å². The Morgan fingerprint density at radius 2 is 1.90 bits per heavy atom. The highest BCUT2D eigenvalue weighted by atomic mass is 15.3. The Balaban J connectivity index is 1.86. The Kier molecular flexibility index (Phi) is 3.85. The molecule has 1 aliphatic rings. The van der Waals surface area contributed by atoms with Gasteiger partial charge < -0.3 is 15.5 Å². The van der Waals surface area contributed by atoms with Gasteiger partial charge in [0.15, 0.2) is 0 Å². The molecule has 1 saturated heterocycles. The van der Waals surface area contributed by atoms with Gasteiger partial charge in [-0.1, -0.05) is 0 Å². The Morgan fingerprint density at radius 1 is 1.14 bits per heavy atom. The predicted molar refractivity (Wildman–Crippen MR) is 81.9 cm³/mol. The average Bonchev–Trinajstić information content (AvgIpc) is 3.11. The first-order valence-corrected chi connectivity index (χ1v) is 7.25. The van der Waals surface area contributed by atoms with E-state index in [1.807, 2.05) is 20.2 Å². The molecule has 1 fully saturated rings. The Labute approximate surface area is 123 Å². The molecule has 0 bridgehead atoms. The van der Waals surface area contributed by atoms with Crippen LogP contribution in [0.4, 0.5) is 23.5 Å². The SMILES string of the molecule is CCNc1nc(Nc2cnn(C)c2)nc(N2CCCC2)n1. The first-order valence-electron chi connectivity index (χ1n) is 7.25. The highest BCUT2D eigenvalue weighted by Crippen LogP contribution is 2.20. The standard InChI is InChI=1S/C13H20N8/c1-3-14-11-17-12(16-10-8-15-20(2)9-10)19-13(18-11)21-6-4-5-7-21/h8-9H,3-7H2,1-2H3,(H2,14,16,17,18,19). The van der Waals surface area contributed by atoms with Crippen LogP contribution in [0.25, 0.3) is 0 Å². The minimum absolute atomic E-state index is 0.538. The quantitative estimate of drug-likeness (QED) is 0.859. The normalized spacial score (nSPS) is 14.5. The summed E-state index contributed by atoms with van der Waals surface area (Å²) in [6.07, 6.45) is 6.00. The molecular weight excluding hydrogens is 268 g/mol. The molecule has 1 aliphatic heterocycles. The zero-order valence-electron chi connectivity index (χ0n) is 12.4. The van der Waals surface area contributed by atoms with Gasteiger partial charge in [0.2, 0.25) is 17.8 Å². The maximum Gasteiger partial charge on any atom is 0.233 e. The molecule has 8 heteroatoms. The van der Waals surface area contributed by atoms with E-state index >= 15 is 0 Å². The fourth-order valence-corrected chi connectivity index (χ4v) is 2.33. The van der Waals surface area contributed by atoms with Crippen LogP contribution in [0.5, 0.6) is 0 Å². The van der Waals surface area contributed by atoms with Gasteiger partial charge in [0.25, 0.3) is 0 Å². The number of hydrogen-bond donors (Lipinski definition) is 2. The molecular formula is C13H20N8. The van der Waals surface area contributed by atoms with Gasteiger partial charge >= 0.3 is 0 Å². The van der Waals surface area contributed by atoms with Gasteiger partial charge in [-0.05, 0) is 19.8 Å². The molecule has 0 radical (unpaired) electrons. The Hall–Kier alpha value is -2.38. The number of anilines is 4. The van der Waals surface area contributed by atoms with E-state index in [0.29, 0.717) is 11.9 Å². The van der Waals surface area contributed by atoms with Crippen molar-refractivity contribution in [3.8, 4) is 0 Å². The summed E-state index contributed by atoms with van der Waals surface area (Å²) in [5.41, 5.74) is 0.860. The summed E-state index contributed by atoms with van der Waals surface area (Å²) in [5.74, 6) is 1.86. The summed E-state index contributed by atoms with van der Waals surface area (Å²) in [5, 5.41) is 10.5. The minimum Gasteiger partial charge on any atom is -0.354 e. The van der Waals surface area contributed by atoms with Crippen molar-refractivity contribution in [1.82, 2.24) is 24.7 Å². The lowest BCUT2D eigenvalue weighted by atomic mass is 10.4. The monoisotopic (exact) mass is 288 g/mol. The topological polar surface area (TPSA) is 83.8 Å². The molecule has 3 rings (SSSR count). The summed E-state index contributed by atoms with van der Waals surface area (Å²) in [4.78, 5) is 15.6. The van der Waals surface area contributed by atoms with Gasteiger partial charge in [0.1, 0.15) is 0 Å². The predicted octanol–water partition coefficient (Wildman–Crippen LogP) is 1.38. The van der Waals surface area contributed by atoms with E-state index in [1.165, 1.54) is 12.8 Å². The van der Waals surface area contributed by atoms with Gasteiger partial charge in [-0.25, -0.2) is 0 Å². The number of aromatic nitrogens is 5. The molecule has 0 aromatic carbocycles. The highest BCUT2D eigenvalue weighted by molar-refractivity contribution is 5.54. The summed E-state index contributed by atoms with van der Waals surface area (Å²) < 4.78 is 1.73. The number of rotatable bonds is 5. The largest absolute Gasteiger partial charge is 0.354 e. The van der Waals surface area contributed by atoms with Gasteiger partial charge in [-0.3, -0.25) is 4.68 Å². The third-order valence-electron chi connectivity index (χ3n) is 3.31. The Bertz CT molecular complexity index is 602. The number of nitrogens with one attached hydrogen (secondary N) is 2. The third kappa shape index (κ3) is 3.21. The van der Waals surface area contributed by atoms with Crippen molar-refractivity contribution in [3.63, 3.8) is 0 Å². The molecule has 0 unspecified atom stereocenters.